The van der Waals surface area contributed by atoms with Gasteiger partial charge >= 0.3 is 5.97 Å². The number of ether oxygens (including phenoxy) is 1. The second-order valence-corrected chi connectivity index (χ2v) is 4.89. The Hall–Kier alpha value is -1.04. The molecule has 1 aromatic rings. The standard InChI is InChI=1S/C12H15ClFNO3.ClH/c1-12(2,11(17)18-3)10(15)8-7(14)5-4-6(13)9(8)16;/h4-5,10,16H,15H2,1-3H3;1H/t10-;/m0./s1. The molecule has 0 aliphatic rings. The molecule has 108 valence electrons. The molecule has 4 nitrogen and oxygen atoms in total. The van der Waals surface area contributed by atoms with Gasteiger partial charge in [-0.15, -0.1) is 12.4 Å². The van der Waals surface area contributed by atoms with Crippen LogP contribution in [0.1, 0.15) is 25.5 Å². The van der Waals surface area contributed by atoms with E-state index < -0.39 is 29.0 Å². The van der Waals surface area contributed by atoms with E-state index in [1.807, 2.05) is 0 Å². The number of rotatable bonds is 3. The Morgan fingerprint density at radius 3 is 2.53 bits per heavy atom. The van der Waals surface area contributed by atoms with Crippen LogP contribution in [0.5, 0.6) is 5.75 Å². The molecule has 0 saturated carbocycles. The molecule has 0 aliphatic carbocycles. The third kappa shape index (κ3) is 3.29. The lowest BCUT2D eigenvalue weighted by Crippen LogP contribution is -2.38. The monoisotopic (exact) mass is 311 g/mol. The van der Waals surface area contributed by atoms with Crippen molar-refractivity contribution < 1.29 is 19.0 Å². The zero-order chi connectivity index (χ0) is 14.1. The average Bonchev–Trinajstić information content (AvgIpc) is 2.33. The van der Waals surface area contributed by atoms with Crippen LogP contribution in [0.3, 0.4) is 0 Å². The van der Waals surface area contributed by atoms with E-state index in [0.717, 1.165) is 6.07 Å². The van der Waals surface area contributed by atoms with Crippen molar-refractivity contribution in [3.63, 3.8) is 0 Å². The number of esters is 1. The van der Waals surface area contributed by atoms with E-state index in [-0.39, 0.29) is 23.0 Å². The molecule has 7 heteroatoms. The van der Waals surface area contributed by atoms with Crippen molar-refractivity contribution in [3.05, 3.63) is 28.5 Å². The van der Waals surface area contributed by atoms with E-state index in [1.165, 1.54) is 27.0 Å². The fourth-order valence-corrected chi connectivity index (χ4v) is 1.77. The highest BCUT2D eigenvalue weighted by Crippen LogP contribution is 2.40. The minimum atomic E-state index is -1.20. The predicted octanol–water partition coefficient (Wildman–Crippen LogP) is 2.81. The van der Waals surface area contributed by atoms with E-state index in [1.54, 1.807) is 0 Å². The summed E-state index contributed by atoms with van der Waals surface area (Å²) in [6.07, 6.45) is 0. The Bertz CT molecular complexity index is 480. The van der Waals surface area contributed by atoms with E-state index in [9.17, 15) is 14.3 Å². The third-order valence-electron chi connectivity index (χ3n) is 2.91. The van der Waals surface area contributed by atoms with Gasteiger partial charge in [-0.2, -0.15) is 0 Å². The number of halogens is 3. The van der Waals surface area contributed by atoms with Crippen molar-refractivity contribution in [2.45, 2.75) is 19.9 Å². The van der Waals surface area contributed by atoms with Crippen LogP contribution in [0.15, 0.2) is 12.1 Å². The van der Waals surface area contributed by atoms with E-state index in [4.69, 9.17) is 17.3 Å². The molecule has 3 N–H and O–H groups in total. The number of aromatic hydroxyl groups is 1. The normalized spacial score (nSPS) is 12.5. The summed E-state index contributed by atoms with van der Waals surface area (Å²) in [5, 5.41) is 9.74. The minimum absolute atomic E-state index is 0. The largest absolute Gasteiger partial charge is 0.506 e. The fraction of sp³-hybridized carbons (Fsp3) is 0.417. The highest BCUT2D eigenvalue weighted by Gasteiger charge is 2.39. The lowest BCUT2D eigenvalue weighted by molar-refractivity contribution is -0.152. The zero-order valence-corrected chi connectivity index (χ0v) is 12.3. The molecule has 0 saturated heterocycles. The highest BCUT2D eigenvalue weighted by atomic mass is 35.5. The highest BCUT2D eigenvalue weighted by molar-refractivity contribution is 6.32. The van der Waals surface area contributed by atoms with Crippen LogP contribution >= 0.6 is 24.0 Å². The minimum Gasteiger partial charge on any atom is -0.506 e. The maximum Gasteiger partial charge on any atom is 0.313 e. The molecule has 0 amide bonds. The van der Waals surface area contributed by atoms with Gasteiger partial charge in [-0.05, 0) is 26.0 Å². The summed E-state index contributed by atoms with van der Waals surface area (Å²) in [5.74, 6) is -1.78. The summed E-state index contributed by atoms with van der Waals surface area (Å²) in [6.45, 7) is 3.01. The van der Waals surface area contributed by atoms with Crippen LogP contribution in [-0.4, -0.2) is 18.2 Å². The molecule has 0 unspecified atom stereocenters. The first-order chi connectivity index (χ1) is 8.23. The van der Waals surface area contributed by atoms with Gasteiger partial charge in [-0.1, -0.05) is 11.6 Å². The number of nitrogens with two attached hydrogens (primary N) is 1. The molecule has 19 heavy (non-hydrogen) atoms. The number of hydrogen-bond acceptors (Lipinski definition) is 4. The molecule has 0 radical (unpaired) electrons. The summed E-state index contributed by atoms with van der Waals surface area (Å²) in [4.78, 5) is 11.6. The number of carbonyl (C=O) groups is 1. The summed E-state index contributed by atoms with van der Waals surface area (Å²) >= 11 is 5.71. The quantitative estimate of drug-likeness (QED) is 0.842. The maximum absolute atomic E-state index is 13.7. The second kappa shape index (κ2) is 6.41. The average molecular weight is 312 g/mol. The van der Waals surface area contributed by atoms with E-state index >= 15 is 0 Å². The lowest BCUT2D eigenvalue weighted by atomic mass is 9.80. The molecule has 1 rings (SSSR count). The van der Waals surface area contributed by atoms with Gasteiger partial charge in [0.1, 0.15) is 11.6 Å². The summed E-state index contributed by atoms with van der Waals surface area (Å²) in [6, 6.07) is 1.22. The van der Waals surface area contributed by atoms with Crippen LogP contribution in [0.2, 0.25) is 5.02 Å². The van der Waals surface area contributed by atoms with Crippen molar-refractivity contribution in [2.75, 3.05) is 7.11 Å². The summed E-state index contributed by atoms with van der Waals surface area (Å²) in [5.41, 5.74) is 4.47. The SMILES string of the molecule is COC(=O)C(C)(C)[C@@H](N)c1c(F)ccc(Cl)c1O.Cl. The molecule has 0 aromatic heterocycles. The van der Waals surface area contributed by atoms with Gasteiger partial charge in [0, 0.05) is 5.56 Å². The molecule has 1 aromatic carbocycles. The van der Waals surface area contributed by atoms with Crippen LogP contribution in [-0.2, 0) is 9.53 Å². The Morgan fingerprint density at radius 2 is 2.05 bits per heavy atom. The van der Waals surface area contributed by atoms with Crippen LogP contribution in [0, 0.1) is 11.2 Å². The smallest absolute Gasteiger partial charge is 0.313 e. The zero-order valence-electron chi connectivity index (χ0n) is 10.7. The Balaban J connectivity index is 0.00000324. The maximum atomic E-state index is 13.7. The molecular weight excluding hydrogens is 296 g/mol. The number of methoxy groups -OCH3 is 1. The van der Waals surface area contributed by atoms with Crippen molar-refractivity contribution in [1.82, 2.24) is 0 Å². The van der Waals surface area contributed by atoms with Gasteiger partial charge in [-0.3, -0.25) is 4.79 Å². The van der Waals surface area contributed by atoms with Crippen molar-refractivity contribution in [2.24, 2.45) is 11.1 Å². The first kappa shape index (κ1) is 18.0. The van der Waals surface area contributed by atoms with Gasteiger partial charge in [0.25, 0.3) is 0 Å². The molecule has 0 aliphatic heterocycles. The molecule has 0 heterocycles. The summed E-state index contributed by atoms with van der Waals surface area (Å²) in [7, 11) is 1.21. The van der Waals surface area contributed by atoms with Gasteiger partial charge in [0.05, 0.1) is 23.6 Å². The van der Waals surface area contributed by atoms with Gasteiger partial charge < -0.3 is 15.6 Å². The number of hydrogen-bond donors (Lipinski definition) is 2. The number of carbonyl (C=O) groups excluding carboxylic acids is 1. The topological polar surface area (TPSA) is 72.5 Å². The molecule has 0 fully saturated rings. The number of phenols is 1. The molecule has 1 atom stereocenters. The van der Waals surface area contributed by atoms with Gasteiger partial charge in [0.15, 0.2) is 0 Å². The lowest BCUT2D eigenvalue weighted by Gasteiger charge is -2.29. The Morgan fingerprint density at radius 1 is 1.53 bits per heavy atom. The van der Waals surface area contributed by atoms with Crippen molar-refractivity contribution >= 4 is 30.0 Å². The Labute approximate surface area is 122 Å². The first-order valence-electron chi connectivity index (χ1n) is 5.24. The van der Waals surface area contributed by atoms with Crippen LogP contribution < -0.4 is 5.73 Å². The third-order valence-corrected chi connectivity index (χ3v) is 3.22. The molecular formula is C12H16Cl2FNO3. The van der Waals surface area contributed by atoms with E-state index in [0.29, 0.717) is 0 Å². The fourth-order valence-electron chi connectivity index (χ4n) is 1.60. The second-order valence-electron chi connectivity index (χ2n) is 4.48. The number of benzene rings is 1. The summed E-state index contributed by atoms with van der Waals surface area (Å²) < 4.78 is 18.3. The molecule has 0 bridgehead atoms. The van der Waals surface area contributed by atoms with Crippen molar-refractivity contribution in [1.29, 1.82) is 0 Å². The van der Waals surface area contributed by atoms with Gasteiger partial charge in [0.2, 0.25) is 0 Å². The van der Waals surface area contributed by atoms with Gasteiger partial charge in [-0.25, -0.2) is 4.39 Å². The van der Waals surface area contributed by atoms with Crippen molar-refractivity contribution in [3.8, 4) is 5.75 Å². The number of phenolic OH excluding ortho intramolecular Hbond substituents is 1. The molecule has 0 spiro atoms. The predicted molar refractivity (Wildman–Crippen MR) is 73.0 cm³/mol. The first-order valence-corrected chi connectivity index (χ1v) is 5.62. The Kier molecular flexibility index (Phi) is 6.06. The van der Waals surface area contributed by atoms with E-state index in [2.05, 4.69) is 4.74 Å². The van der Waals surface area contributed by atoms with Crippen LogP contribution in [0.25, 0.3) is 0 Å². The van der Waals surface area contributed by atoms with Crippen LogP contribution in [0.4, 0.5) is 4.39 Å².